The molecule has 86 valence electrons. The maximum atomic E-state index is 9.14. The second-order valence-corrected chi connectivity index (χ2v) is 5.99. The van der Waals surface area contributed by atoms with Gasteiger partial charge >= 0.3 is 0 Å². The van der Waals surface area contributed by atoms with E-state index in [1.165, 1.54) is 23.1 Å². The molecule has 0 radical (unpaired) electrons. The van der Waals surface area contributed by atoms with E-state index in [2.05, 4.69) is 21.3 Å². The van der Waals surface area contributed by atoms with Crippen LogP contribution < -0.4 is 0 Å². The first-order valence-electron chi connectivity index (χ1n) is 4.96. The Bertz CT molecular complexity index is 598. The summed E-state index contributed by atoms with van der Waals surface area (Å²) in [4.78, 5) is 5.18. The molecule has 0 saturated carbocycles. The van der Waals surface area contributed by atoms with Crippen molar-refractivity contribution in [2.45, 2.75) is 30.0 Å². The van der Waals surface area contributed by atoms with Gasteiger partial charge in [0.05, 0.1) is 11.3 Å². The summed E-state index contributed by atoms with van der Waals surface area (Å²) in [5.41, 5.74) is 2.29. The third-order valence-electron chi connectivity index (χ3n) is 2.11. The molecule has 0 saturated heterocycles. The Kier molecular flexibility index (Phi) is 3.41. The zero-order chi connectivity index (χ0) is 12.4. The van der Waals surface area contributed by atoms with E-state index in [9.17, 15) is 0 Å². The van der Waals surface area contributed by atoms with Gasteiger partial charge in [-0.3, -0.25) is 4.98 Å². The third-order valence-corrected chi connectivity index (χ3v) is 4.04. The molecule has 2 heterocycles. The molecule has 17 heavy (non-hydrogen) atoms. The summed E-state index contributed by atoms with van der Waals surface area (Å²) < 4.78 is 0.851. The summed E-state index contributed by atoms with van der Waals surface area (Å²) in [7, 11) is 0. The van der Waals surface area contributed by atoms with Crippen molar-refractivity contribution in [3.63, 3.8) is 0 Å². The molecular weight excluding hydrogens is 252 g/mol. The fourth-order valence-electron chi connectivity index (χ4n) is 1.42. The second-order valence-electron chi connectivity index (χ2n) is 3.52. The monoisotopic (exact) mass is 262 g/mol. The lowest BCUT2D eigenvalue weighted by atomic mass is 10.2. The minimum absolute atomic E-state index is 0.619. The number of rotatable bonds is 2. The van der Waals surface area contributed by atoms with Gasteiger partial charge in [0.2, 0.25) is 0 Å². The van der Waals surface area contributed by atoms with Crippen LogP contribution in [0.3, 0.4) is 0 Å². The average Bonchev–Trinajstić information content (AvgIpc) is 2.63. The van der Waals surface area contributed by atoms with Crippen molar-refractivity contribution >= 4 is 23.1 Å². The Morgan fingerprint density at radius 1 is 1.29 bits per heavy atom. The van der Waals surface area contributed by atoms with Crippen LogP contribution in [0.15, 0.2) is 15.3 Å². The first-order chi connectivity index (χ1) is 8.10. The van der Waals surface area contributed by atoms with Crippen molar-refractivity contribution < 1.29 is 0 Å². The summed E-state index contributed by atoms with van der Waals surface area (Å²) in [6.07, 6.45) is 0. The number of nitrogens with zero attached hydrogens (tertiary/aromatic N) is 4. The highest BCUT2D eigenvalue weighted by molar-refractivity contribution is 8.01. The van der Waals surface area contributed by atoms with Gasteiger partial charge in [0.25, 0.3) is 0 Å². The fraction of sp³-hybridized carbons (Fsp3) is 0.273. The smallest absolute Gasteiger partial charge is 0.179 e. The number of hydrogen-bond acceptors (Lipinski definition) is 6. The van der Waals surface area contributed by atoms with Gasteiger partial charge in [0.1, 0.15) is 11.1 Å². The third kappa shape index (κ3) is 2.62. The molecule has 2 aromatic heterocycles. The summed E-state index contributed by atoms with van der Waals surface area (Å²) >= 11 is 2.99. The van der Waals surface area contributed by atoms with Gasteiger partial charge in [-0.15, -0.1) is 10.2 Å². The minimum Gasteiger partial charge on any atom is -0.257 e. The molecule has 0 aliphatic heterocycles. The van der Waals surface area contributed by atoms with Crippen LogP contribution in [0.5, 0.6) is 0 Å². The highest BCUT2D eigenvalue weighted by Gasteiger charge is 2.11. The van der Waals surface area contributed by atoms with E-state index < -0.39 is 0 Å². The Balaban J connectivity index is 2.42. The van der Waals surface area contributed by atoms with E-state index in [4.69, 9.17) is 5.26 Å². The maximum absolute atomic E-state index is 9.14. The normalized spacial score (nSPS) is 10.2. The molecule has 0 aliphatic carbocycles. The number of hydrogen-bond donors (Lipinski definition) is 0. The van der Waals surface area contributed by atoms with Crippen LogP contribution in [0.4, 0.5) is 0 Å². The Hall–Kier alpha value is -1.45. The molecule has 0 N–H and O–H groups in total. The topological polar surface area (TPSA) is 62.5 Å². The molecule has 2 aromatic rings. The summed E-state index contributed by atoms with van der Waals surface area (Å²) in [6.45, 7) is 5.68. The van der Waals surface area contributed by atoms with Crippen LogP contribution in [0, 0.1) is 32.1 Å². The Morgan fingerprint density at radius 3 is 2.65 bits per heavy atom. The van der Waals surface area contributed by atoms with Gasteiger partial charge in [-0.05, 0) is 26.8 Å². The fourth-order valence-corrected chi connectivity index (χ4v) is 3.43. The van der Waals surface area contributed by atoms with Crippen LogP contribution in [0.2, 0.25) is 0 Å². The van der Waals surface area contributed by atoms with E-state index in [-0.39, 0.29) is 0 Å². The van der Waals surface area contributed by atoms with Crippen molar-refractivity contribution in [2.24, 2.45) is 0 Å². The second kappa shape index (κ2) is 4.82. The SMILES string of the molecule is Cc1cc(Sc2nnc(C)s2)c(C#N)c(C)n1. The van der Waals surface area contributed by atoms with E-state index in [0.717, 1.165) is 25.6 Å². The van der Waals surface area contributed by atoms with E-state index in [0.29, 0.717) is 5.56 Å². The molecule has 0 amide bonds. The maximum Gasteiger partial charge on any atom is 0.179 e. The molecule has 6 heteroatoms. The average molecular weight is 262 g/mol. The van der Waals surface area contributed by atoms with E-state index >= 15 is 0 Å². The molecular formula is C11H10N4S2. The lowest BCUT2D eigenvalue weighted by Crippen LogP contribution is -1.93. The molecule has 4 nitrogen and oxygen atoms in total. The quantitative estimate of drug-likeness (QED) is 0.832. The first-order valence-corrected chi connectivity index (χ1v) is 6.59. The molecule has 2 rings (SSSR count). The predicted molar refractivity (Wildman–Crippen MR) is 67.2 cm³/mol. The van der Waals surface area contributed by atoms with E-state index in [1.54, 1.807) is 0 Å². The van der Waals surface area contributed by atoms with Crippen LogP contribution >= 0.6 is 23.1 Å². The van der Waals surface area contributed by atoms with Crippen LogP contribution in [-0.2, 0) is 0 Å². The van der Waals surface area contributed by atoms with Crippen LogP contribution in [0.25, 0.3) is 0 Å². The zero-order valence-corrected chi connectivity index (χ0v) is 11.3. The van der Waals surface area contributed by atoms with Crippen molar-refractivity contribution in [3.8, 4) is 6.07 Å². The molecule has 0 bridgehead atoms. The largest absolute Gasteiger partial charge is 0.257 e. The van der Waals surface area contributed by atoms with Crippen molar-refractivity contribution in [1.82, 2.24) is 15.2 Å². The van der Waals surface area contributed by atoms with Crippen molar-refractivity contribution in [2.75, 3.05) is 0 Å². The lowest BCUT2D eigenvalue weighted by Gasteiger charge is -2.05. The van der Waals surface area contributed by atoms with Gasteiger partial charge in [-0.2, -0.15) is 5.26 Å². The van der Waals surface area contributed by atoms with Gasteiger partial charge in [-0.1, -0.05) is 23.1 Å². The Morgan fingerprint density at radius 2 is 2.06 bits per heavy atom. The minimum atomic E-state index is 0.619. The van der Waals surface area contributed by atoms with Gasteiger partial charge < -0.3 is 0 Å². The molecule has 0 atom stereocenters. The number of aromatic nitrogens is 3. The molecule has 0 aliphatic rings. The predicted octanol–water partition coefficient (Wildman–Crippen LogP) is 2.88. The molecule has 0 unspecified atom stereocenters. The molecule has 0 aromatic carbocycles. The summed E-state index contributed by atoms with van der Waals surface area (Å²) in [5, 5.41) is 18.1. The van der Waals surface area contributed by atoms with Gasteiger partial charge in [0, 0.05) is 10.6 Å². The standard InChI is InChI=1S/C11H10N4S2/c1-6-4-10(9(5-12)7(2)13-6)17-11-15-14-8(3)16-11/h4H,1-3H3. The summed E-state index contributed by atoms with van der Waals surface area (Å²) in [6, 6.07) is 4.10. The highest BCUT2D eigenvalue weighted by Crippen LogP contribution is 2.33. The van der Waals surface area contributed by atoms with Crippen LogP contribution in [0.1, 0.15) is 22.0 Å². The van der Waals surface area contributed by atoms with Gasteiger partial charge in [-0.25, -0.2) is 0 Å². The van der Waals surface area contributed by atoms with Crippen molar-refractivity contribution in [1.29, 1.82) is 5.26 Å². The first kappa shape index (κ1) is 12.0. The lowest BCUT2D eigenvalue weighted by molar-refractivity contribution is 0.982. The molecule has 0 fully saturated rings. The molecule has 0 spiro atoms. The summed E-state index contributed by atoms with van der Waals surface area (Å²) in [5.74, 6) is 0. The van der Waals surface area contributed by atoms with E-state index in [1.807, 2.05) is 26.8 Å². The van der Waals surface area contributed by atoms with Gasteiger partial charge in [0.15, 0.2) is 4.34 Å². The number of nitriles is 1. The van der Waals surface area contributed by atoms with Crippen LogP contribution in [-0.4, -0.2) is 15.2 Å². The van der Waals surface area contributed by atoms with Crippen molar-refractivity contribution in [3.05, 3.63) is 28.0 Å². The number of aryl methyl sites for hydroxylation is 3. The zero-order valence-electron chi connectivity index (χ0n) is 9.68. The highest BCUT2D eigenvalue weighted by atomic mass is 32.2. The Labute approximate surface area is 108 Å². The number of pyridine rings is 1.